The number of rotatable bonds is 5. The summed E-state index contributed by atoms with van der Waals surface area (Å²) in [6.07, 6.45) is 4.37. The van der Waals surface area contributed by atoms with Crippen LogP contribution in [0.3, 0.4) is 0 Å². The third-order valence-electron chi connectivity index (χ3n) is 3.71. The first-order valence-corrected chi connectivity index (χ1v) is 7.26. The Bertz CT molecular complexity index is 322. The Morgan fingerprint density at radius 3 is 2.47 bits per heavy atom. The van der Waals surface area contributed by atoms with Gasteiger partial charge in [0, 0.05) is 0 Å². The van der Waals surface area contributed by atoms with E-state index in [9.17, 15) is 9.59 Å². The molecule has 19 heavy (non-hydrogen) atoms. The minimum atomic E-state index is -0.773. The summed E-state index contributed by atoms with van der Waals surface area (Å²) in [5.74, 6) is -1.67. The molecule has 0 aromatic rings. The standard InChI is InChI=1S/C15H26O4/c1-5-12(13(16)18-6-2)14(17)19-11-8-7-9-15(3,4)10-11/h11-12H,5-10H2,1-4H3. The maximum atomic E-state index is 12.0. The molecule has 1 aliphatic carbocycles. The van der Waals surface area contributed by atoms with Gasteiger partial charge in [0.1, 0.15) is 6.10 Å². The monoisotopic (exact) mass is 270 g/mol. The van der Waals surface area contributed by atoms with Gasteiger partial charge in [-0.15, -0.1) is 0 Å². The van der Waals surface area contributed by atoms with Gasteiger partial charge in [-0.1, -0.05) is 20.8 Å². The van der Waals surface area contributed by atoms with Crippen LogP contribution in [0.2, 0.25) is 0 Å². The van der Waals surface area contributed by atoms with E-state index in [2.05, 4.69) is 13.8 Å². The van der Waals surface area contributed by atoms with Crippen molar-refractivity contribution in [1.82, 2.24) is 0 Å². The fourth-order valence-corrected chi connectivity index (χ4v) is 2.65. The second kappa shape index (κ2) is 6.92. The minimum Gasteiger partial charge on any atom is -0.465 e. The van der Waals surface area contributed by atoms with Crippen molar-refractivity contribution < 1.29 is 19.1 Å². The number of hydrogen-bond acceptors (Lipinski definition) is 4. The Labute approximate surface area is 115 Å². The van der Waals surface area contributed by atoms with Crippen molar-refractivity contribution in [1.29, 1.82) is 0 Å². The highest BCUT2D eigenvalue weighted by Crippen LogP contribution is 2.36. The second-order valence-corrected chi connectivity index (χ2v) is 6.03. The molecule has 0 aliphatic heterocycles. The molecule has 0 saturated heterocycles. The lowest BCUT2D eigenvalue weighted by Crippen LogP contribution is -2.34. The molecule has 0 amide bonds. The molecule has 0 radical (unpaired) electrons. The van der Waals surface area contributed by atoms with Crippen molar-refractivity contribution in [2.75, 3.05) is 6.61 Å². The lowest BCUT2D eigenvalue weighted by Gasteiger charge is -2.35. The zero-order valence-corrected chi connectivity index (χ0v) is 12.5. The second-order valence-electron chi connectivity index (χ2n) is 6.03. The van der Waals surface area contributed by atoms with Crippen LogP contribution in [0.1, 0.15) is 59.8 Å². The van der Waals surface area contributed by atoms with Crippen molar-refractivity contribution in [3.63, 3.8) is 0 Å². The predicted octanol–water partition coefficient (Wildman–Crippen LogP) is 3.09. The van der Waals surface area contributed by atoms with Crippen LogP contribution in [0.5, 0.6) is 0 Å². The molecule has 1 fully saturated rings. The molecular weight excluding hydrogens is 244 g/mol. The zero-order valence-electron chi connectivity index (χ0n) is 12.5. The van der Waals surface area contributed by atoms with E-state index in [1.165, 1.54) is 0 Å². The van der Waals surface area contributed by atoms with Crippen LogP contribution >= 0.6 is 0 Å². The van der Waals surface area contributed by atoms with Gasteiger partial charge in [0.05, 0.1) is 6.61 Å². The quantitative estimate of drug-likeness (QED) is 0.569. The molecule has 2 atom stereocenters. The molecule has 1 aliphatic rings. The first kappa shape index (κ1) is 16.0. The maximum Gasteiger partial charge on any atom is 0.320 e. The van der Waals surface area contributed by atoms with Crippen LogP contribution in [0.25, 0.3) is 0 Å². The third kappa shape index (κ3) is 4.84. The van der Waals surface area contributed by atoms with Crippen LogP contribution in [-0.4, -0.2) is 24.6 Å². The Hall–Kier alpha value is -1.06. The molecule has 0 heterocycles. The van der Waals surface area contributed by atoms with Crippen molar-refractivity contribution in [3.05, 3.63) is 0 Å². The van der Waals surface area contributed by atoms with E-state index in [4.69, 9.17) is 9.47 Å². The molecular formula is C15H26O4. The van der Waals surface area contributed by atoms with Gasteiger partial charge < -0.3 is 9.47 Å². The summed E-state index contributed by atoms with van der Waals surface area (Å²) in [6.45, 7) is 8.21. The molecule has 0 spiro atoms. The highest BCUT2D eigenvalue weighted by molar-refractivity contribution is 5.94. The number of carbonyl (C=O) groups excluding carboxylic acids is 2. The van der Waals surface area contributed by atoms with Gasteiger partial charge in [-0.05, 0) is 44.4 Å². The molecule has 0 aromatic heterocycles. The lowest BCUT2D eigenvalue weighted by molar-refractivity contribution is -0.167. The Balaban J connectivity index is 2.55. The van der Waals surface area contributed by atoms with Gasteiger partial charge in [0.25, 0.3) is 0 Å². The Kier molecular flexibility index (Phi) is 5.83. The van der Waals surface area contributed by atoms with Crippen molar-refractivity contribution in [2.24, 2.45) is 11.3 Å². The van der Waals surface area contributed by atoms with Gasteiger partial charge in [-0.3, -0.25) is 9.59 Å². The van der Waals surface area contributed by atoms with Gasteiger partial charge in [0.15, 0.2) is 5.92 Å². The van der Waals surface area contributed by atoms with Gasteiger partial charge >= 0.3 is 11.9 Å². The van der Waals surface area contributed by atoms with E-state index in [0.29, 0.717) is 13.0 Å². The summed E-state index contributed by atoms with van der Waals surface area (Å²) in [5, 5.41) is 0. The van der Waals surface area contributed by atoms with Gasteiger partial charge in [-0.2, -0.15) is 0 Å². The fourth-order valence-electron chi connectivity index (χ4n) is 2.65. The SMILES string of the molecule is CCOC(=O)C(CC)C(=O)OC1CCCC(C)(C)C1. The van der Waals surface area contributed by atoms with E-state index in [-0.39, 0.29) is 11.5 Å². The van der Waals surface area contributed by atoms with Crippen LogP contribution < -0.4 is 0 Å². The lowest BCUT2D eigenvalue weighted by atomic mass is 9.76. The fraction of sp³-hybridized carbons (Fsp3) is 0.867. The number of ether oxygens (including phenoxy) is 2. The number of hydrogen-bond donors (Lipinski definition) is 0. The molecule has 1 rings (SSSR count). The van der Waals surface area contributed by atoms with E-state index in [0.717, 1.165) is 25.7 Å². The summed E-state index contributed by atoms with van der Waals surface area (Å²) in [6, 6.07) is 0. The average molecular weight is 270 g/mol. The van der Waals surface area contributed by atoms with E-state index in [1.54, 1.807) is 13.8 Å². The van der Waals surface area contributed by atoms with Crippen molar-refractivity contribution in [3.8, 4) is 0 Å². The average Bonchev–Trinajstić information content (AvgIpc) is 2.28. The zero-order chi connectivity index (χ0) is 14.5. The minimum absolute atomic E-state index is 0.0558. The summed E-state index contributed by atoms with van der Waals surface area (Å²) in [7, 11) is 0. The maximum absolute atomic E-state index is 12.0. The highest BCUT2D eigenvalue weighted by atomic mass is 16.6. The Morgan fingerprint density at radius 1 is 1.26 bits per heavy atom. The summed E-state index contributed by atoms with van der Waals surface area (Å²) in [4.78, 5) is 23.7. The number of esters is 2. The molecule has 4 heteroatoms. The molecule has 0 bridgehead atoms. The third-order valence-corrected chi connectivity index (χ3v) is 3.71. The van der Waals surface area contributed by atoms with Crippen LogP contribution in [0, 0.1) is 11.3 Å². The molecule has 4 nitrogen and oxygen atoms in total. The van der Waals surface area contributed by atoms with Crippen LogP contribution in [-0.2, 0) is 19.1 Å². The Morgan fingerprint density at radius 2 is 1.95 bits per heavy atom. The first-order chi connectivity index (χ1) is 8.89. The summed E-state index contributed by atoms with van der Waals surface area (Å²) >= 11 is 0. The molecule has 110 valence electrons. The van der Waals surface area contributed by atoms with Crippen molar-refractivity contribution >= 4 is 11.9 Å². The van der Waals surface area contributed by atoms with Crippen LogP contribution in [0.4, 0.5) is 0 Å². The molecule has 2 unspecified atom stereocenters. The molecule has 0 aromatic carbocycles. The summed E-state index contributed by atoms with van der Waals surface area (Å²) in [5.41, 5.74) is 0.217. The topological polar surface area (TPSA) is 52.6 Å². The summed E-state index contributed by atoms with van der Waals surface area (Å²) < 4.78 is 10.4. The van der Waals surface area contributed by atoms with Crippen LogP contribution in [0.15, 0.2) is 0 Å². The van der Waals surface area contributed by atoms with Gasteiger partial charge in [0.2, 0.25) is 0 Å². The first-order valence-electron chi connectivity index (χ1n) is 7.26. The highest BCUT2D eigenvalue weighted by Gasteiger charge is 2.34. The van der Waals surface area contributed by atoms with Gasteiger partial charge in [-0.25, -0.2) is 0 Å². The smallest absolute Gasteiger partial charge is 0.320 e. The number of carbonyl (C=O) groups is 2. The van der Waals surface area contributed by atoms with E-state index >= 15 is 0 Å². The predicted molar refractivity (Wildman–Crippen MR) is 72.5 cm³/mol. The molecule has 1 saturated carbocycles. The largest absolute Gasteiger partial charge is 0.465 e. The van der Waals surface area contributed by atoms with E-state index in [1.807, 2.05) is 0 Å². The van der Waals surface area contributed by atoms with Crippen molar-refractivity contribution in [2.45, 2.75) is 65.9 Å². The normalized spacial score (nSPS) is 23.5. The van der Waals surface area contributed by atoms with E-state index < -0.39 is 17.9 Å². The molecule has 0 N–H and O–H groups in total.